The normalized spacial score (nSPS) is 13.5. The number of aryl methyl sites for hydroxylation is 1. The smallest absolute Gasteiger partial charge is 0.351 e. The Morgan fingerprint density at radius 3 is 2.71 bits per heavy atom. The van der Waals surface area contributed by atoms with E-state index in [2.05, 4.69) is 20.6 Å². The zero-order valence-corrected chi connectivity index (χ0v) is 15.2. The number of benzene rings is 1. The van der Waals surface area contributed by atoms with Crippen molar-refractivity contribution in [2.75, 3.05) is 0 Å². The summed E-state index contributed by atoms with van der Waals surface area (Å²) in [5, 5.41) is 10.8. The van der Waals surface area contributed by atoms with Crippen LogP contribution in [0.1, 0.15) is 25.2 Å². The number of hydrogen-bond acceptors (Lipinski definition) is 7. The Labute approximate surface area is 158 Å². The summed E-state index contributed by atoms with van der Waals surface area (Å²) in [7, 11) is 1.36. The minimum Gasteiger partial charge on any atom is -0.353 e. The average Bonchev–Trinajstić information content (AvgIpc) is 3.39. The standard InChI is InChI=1S/C18H18N6O4/c1-23-17(26)15(21-24(18(23)27)12-5-3-2-4-6-12)16-20-14(28-22-16)10-9-13(25)19-11-7-8-11/h2-6,11H,7-10H2,1H3,(H,19,25). The van der Waals surface area contributed by atoms with Crippen molar-refractivity contribution in [3.05, 3.63) is 57.1 Å². The van der Waals surface area contributed by atoms with E-state index in [0.29, 0.717) is 5.69 Å². The van der Waals surface area contributed by atoms with Crippen molar-refractivity contribution < 1.29 is 9.32 Å². The molecule has 0 unspecified atom stereocenters. The van der Waals surface area contributed by atoms with Crippen molar-refractivity contribution in [3.8, 4) is 17.2 Å². The molecule has 144 valence electrons. The Morgan fingerprint density at radius 2 is 2.00 bits per heavy atom. The van der Waals surface area contributed by atoms with Crippen molar-refractivity contribution in [2.45, 2.75) is 31.7 Å². The molecule has 0 bridgehead atoms. The van der Waals surface area contributed by atoms with E-state index in [1.54, 1.807) is 24.3 Å². The fourth-order valence-corrected chi connectivity index (χ4v) is 2.65. The SMILES string of the molecule is Cn1c(=O)c(-c2noc(CCC(=O)NC3CC3)n2)nn(-c2ccccc2)c1=O. The molecule has 0 aliphatic heterocycles. The molecule has 2 aromatic heterocycles. The lowest BCUT2D eigenvalue weighted by Crippen LogP contribution is -2.40. The number of hydrogen-bond donors (Lipinski definition) is 1. The lowest BCUT2D eigenvalue weighted by Gasteiger charge is -2.07. The first-order valence-electron chi connectivity index (χ1n) is 8.91. The Kier molecular flexibility index (Phi) is 4.60. The highest BCUT2D eigenvalue weighted by atomic mass is 16.5. The molecule has 4 rings (SSSR count). The van der Waals surface area contributed by atoms with Gasteiger partial charge in [-0.1, -0.05) is 23.4 Å². The molecule has 28 heavy (non-hydrogen) atoms. The fourth-order valence-electron chi connectivity index (χ4n) is 2.65. The Morgan fingerprint density at radius 1 is 1.25 bits per heavy atom. The molecule has 1 aliphatic rings. The van der Waals surface area contributed by atoms with Gasteiger partial charge in [0.2, 0.25) is 17.6 Å². The number of rotatable bonds is 6. The third-order valence-corrected chi connectivity index (χ3v) is 4.36. The zero-order valence-electron chi connectivity index (χ0n) is 15.2. The van der Waals surface area contributed by atoms with E-state index in [0.717, 1.165) is 22.1 Å². The first kappa shape index (κ1) is 17.8. The highest BCUT2D eigenvalue weighted by Crippen LogP contribution is 2.19. The maximum absolute atomic E-state index is 12.5. The second-order valence-corrected chi connectivity index (χ2v) is 6.60. The van der Waals surface area contributed by atoms with Crippen LogP contribution in [0, 0.1) is 0 Å². The minimum atomic E-state index is -0.629. The van der Waals surface area contributed by atoms with E-state index in [9.17, 15) is 14.4 Å². The molecule has 10 nitrogen and oxygen atoms in total. The Hall–Kier alpha value is -3.56. The van der Waals surface area contributed by atoms with E-state index < -0.39 is 11.2 Å². The lowest BCUT2D eigenvalue weighted by atomic mass is 10.3. The quantitative estimate of drug-likeness (QED) is 0.645. The molecular weight excluding hydrogens is 364 g/mol. The second-order valence-electron chi connectivity index (χ2n) is 6.60. The zero-order chi connectivity index (χ0) is 19.7. The molecule has 1 N–H and O–H groups in total. The van der Waals surface area contributed by atoms with E-state index >= 15 is 0 Å². The highest BCUT2D eigenvalue weighted by Gasteiger charge is 2.23. The molecule has 0 atom stereocenters. The Balaban J connectivity index is 1.61. The molecule has 0 saturated heterocycles. The topological polar surface area (TPSA) is 125 Å². The molecule has 10 heteroatoms. The fraction of sp³-hybridized carbons (Fsp3) is 0.333. The van der Waals surface area contributed by atoms with Crippen LogP contribution in [0.2, 0.25) is 0 Å². The van der Waals surface area contributed by atoms with Gasteiger partial charge in [-0.2, -0.15) is 14.8 Å². The number of nitrogens with one attached hydrogen (secondary N) is 1. The third-order valence-electron chi connectivity index (χ3n) is 4.36. The summed E-state index contributed by atoms with van der Waals surface area (Å²) in [5.41, 5.74) is -0.815. The van der Waals surface area contributed by atoms with Crippen LogP contribution in [0.5, 0.6) is 0 Å². The molecular formula is C18H18N6O4. The molecule has 3 aromatic rings. The van der Waals surface area contributed by atoms with Crippen LogP contribution in [-0.4, -0.2) is 36.4 Å². The number of nitrogens with zero attached hydrogens (tertiary/aromatic N) is 5. The minimum absolute atomic E-state index is 0.0251. The van der Waals surface area contributed by atoms with Gasteiger partial charge in [0.25, 0.3) is 5.56 Å². The molecule has 1 aliphatic carbocycles. The number of carbonyl (C=O) groups is 1. The number of para-hydroxylation sites is 1. The molecule has 1 amide bonds. The van der Waals surface area contributed by atoms with Gasteiger partial charge in [-0.05, 0) is 25.0 Å². The highest BCUT2D eigenvalue weighted by molar-refractivity contribution is 5.76. The summed E-state index contributed by atoms with van der Waals surface area (Å²) in [5.74, 6) is 0.124. The lowest BCUT2D eigenvalue weighted by molar-refractivity contribution is -0.121. The summed E-state index contributed by atoms with van der Waals surface area (Å²) in [6.07, 6.45) is 2.50. The molecule has 0 spiro atoms. The van der Waals surface area contributed by atoms with Gasteiger partial charge in [0.15, 0.2) is 5.69 Å². The molecule has 2 heterocycles. The first-order valence-corrected chi connectivity index (χ1v) is 8.91. The van der Waals surface area contributed by atoms with Gasteiger partial charge in [0.1, 0.15) is 0 Å². The van der Waals surface area contributed by atoms with E-state index in [1.807, 2.05) is 6.07 Å². The van der Waals surface area contributed by atoms with Crippen molar-refractivity contribution >= 4 is 5.91 Å². The van der Waals surface area contributed by atoms with Crippen LogP contribution in [0.15, 0.2) is 44.4 Å². The van der Waals surface area contributed by atoms with Gasteiger partial charge in [-0.15, -0.1) is 0 Å². The maximum Gasteiger partial charge on any atom is 0.351 e. The van der Waals surface area contributed by atoms with Crippen molar-refractivity contribution in [1.82, 2.24) is 29.8 Å². The molecule has 0 radical (unpaired) electrons. The van der Waals surface area contributed by atoms with E-state index in [4.69, 9.17) is 4.52 Å². The van der Waals surface area contributed by atoms with Crippen molar-refractivity contribution in [1.29, 1.82) is 0 Å². The van der Waals surface area contributed by atoms with Crippen LogP contribution in [0.25, 0.3) is 17.2 Å². The number of carbonyl (C=O) groups excluding carboxylic acids is 1. The predicted molar refractivity (Wildman–Crippen MR) is 97.9 cm³/mol. The summed E-state index contributed by atoms with van der Waals surface area (Å²) in [6.45, 7) is 0. The van der Waals surface area contributed by atoms with Gasteiger partial charge in [-0.25, -0.2) is 4.79 Å². The summed E-state index contributed by atoms with van der Waals surface area (Å²) in [4.78, 5) is 40.8. The first-order chi connectivity index (χ1) is 13.5. The number of amides is 1. The molecule has 1 aromatic carbocycles. The average molecular weight is 382 g/mol. The van der Waals surface area contributed by atoms with Gasteiger partial charge in [0, 0.05) is 25.9 Å². The summed E-state index contributed by atoms with van der Waals surface area (Å²) >= 11 is 0. The van der Waals surface area contributed by atoms with Crippen LogP contribution < -0.4 is 16.6 Å². The van der Waals surface area contributed by atoms with Crippen LogP contribution in [0.3, 0.4) is 0 Å². The van der Waals surface area contributed by atoms with Crippen molar-refractivity contribution in [3.63, 3.8) is 0 Å². The molecule has 1 saturated carbocycles. The second kappa shape index (κ2) is 7.22. The van der Waals surface area contributed by atoms with Crippen molar-refractivity contribution in [2.24, 2.45) is 7.05 Å². The molecule has 1 fully saturated rings. The maximum atomic E-state index is 12.5. The van der Waals surface area contributed by atoms with Crippen LogP contribution in [-0.2, 0) is 18.3 Å². The largest absolute Gasteiger partial charge is 0.353 e. The predicted octanol–water partition coefficient (Wildman–Crippen LogP) is 0.192. The van der Waals surface area contributed by atoms with Gasteiger partial charge < -0.3 is 9.84 Å². The number of aromatic nitrogens is 5. The summed E-state index contributed by atoms with van der Waals surface area (Å²) < 4.78 is 7.19. The van der Waals surface area contributed by atoms with Crippen LogP contribution in [0.4, 0.5) is 0 Å². The Bertz CT molecular complexity index is 1130. The van der Waals surface area contributed by atoms with Crippen LogP contribution >= 0.6 is 0 Å². The monoisotopic (exact) mass is 382 g/mol. The van der Waals surface area contributed by atoms with Gasteiger partial charge in [0.05, 0.1) is 5.69 Å². The van der Waals surface area contributed by atoms with E-state index in [1.165, 1.54) is 7.05 Å². The summed E-state index contributed by atoms with van der Waals surface area (Å²) in [6, 6.07) is 9.01. The van der Waals surface area contributed by atoms with Gasteiger partial charge in [-0.3, -0.25) is 14.2 Å². The van der Waals surface area contributed by atoms with E-state index in [-0.39, 0.29) is 42.2 Å². The third kappa shape index (κ3) is 3.61. The van der Waals surface area contributed by atoms with Gasteiger partial charge >= 0.3 is 5.69 Å².